The average Bonchev–Trinajstić information content (AvgIpc) is 3.27. The molecule has 0 radical (unpaired) electrons. The summed E-state index contributed by atoms with van der Waals surface area (Å²) in [5.74, 6) is -0.395. The van der Waals surface area contributed by atoms with Crippen molar-refractivity contribution in [2.75, 3.05) is 13.1 Å². The Hall–Kier alpha value is -3.65. The molecule has 1 N–H and O–H groups in total. The molecule has 9 nitrogen and oxygen atoms in total. The lowest BCUT2D eigenvalue weighted by Crippen LogP contribution is -2.39. The SMILES string of the molecule is O=c1nc(C2CCN(S(=O)(=O)c3ccccc3C(F)(F)F)CC2)nc2n(Cc3cccc(F)c3)[nH]nc1-2. The van der Waals surface area contributed by atoms with Crippen LogP contribution in [0.3, 0.4) is 0 Å². The van der Waals surface area contributed by atoms with Crippen LogP contribution in [0.15, 0.2) is 58.2 Å². The third-order valence-electron chi connectivity index (χ3n) is 6.25. The predicted molar refractivity (Wildman–Crippen MR) is 123 cm³/mol. The highest BCUT2D eigenvalue weighted by Gasteiger charge is 2.40. The number of hydrogen-bond acceptors (Lipinski definition) is 6. The quantitative estimate of drug-likeness (QED) is 0.392. The number of rotatable bonds is 5. The molecular formula is C23H20F4N6O3S. The highest BCUT2D eigenvalue weighted by atomic mass is 32.2. The van der Waals surface area contributed by atoms with E-state index < -0.39 is 38.0 Å². The Bertz CT molecular complexity index is 1580. The lowest BCUT2D eigenvalue weighted by Gasteiger charge is -2.31. The van der Waals surface area contributed by atoms with Crippen LogP contribution < -0.4 is 5.56 Å². The zero-order valence-electron chi connectivity index (χ0n) is 19.1. The summed E-state index contributed by atoms with van der Waals surface area (Å²) >= 11 is 0. The van der Waals surface area contributed by atoms with Gasteiger partial charge in [0.1, 0.15) is 11.6 Å². The first kappa shape index (κ1) is 25.0. The van der Waals surface area contributed by atoms with E-state index in [4.69, 9.17) is 0 Å². The molecule has 1 saturated heterocycles. The second-order valence-electron chi connectivity index (χ2n) is 8.66. The molecule has 1 fully saturated rings. The van der Waals surface area contributed by atoms with E-state index in [1.165, 1.54) is 22.9 Å². The molecule has 194 valence electrons. The fourth-order valence-electron chi connectivity index (χ4n) is 4.41. The van der Waals surface area contributed by atoms with Gasteiger partial charge < -0.3 is 0 Å². The van der Waals surface area contributed by atoms with Gasteiger partial charge in [-0.1, -0.05) is 24.3 Å². The zero-order valence-corrected chi connectivity index (χ0v) is 19.9. The summed E-state index contributed by atoms with van der Waals surface area (Å²) in [5, 5.41) is 6.63. The Labute approximate surface area is 208 Å². The largest absolute Gasteiger partial charge is 0.417 e. The number of nitrogens with zero attached hydrogens (tertiary/aromatic N) is 5. The monoisotopic (exact) mass is 536 g/mol. The standard InChI is InChI=1S/C23H20F4N6O3S/c24-16-5-3-4-14(12-16)13-33-21-19(30-31-33)22(34)29-20(28-21)15-8-10-32(11-9-15)37(35,36)18-7-2-1-6-17(18)23(25,26)27/h1-7,12,15,31H,8-11,13H2. The first-order chi connectivity index (χ1) is 17.5. The van der Waals surface area contributed by atoms with Gasteiger partial charge in [-0.2, -0.15) is 27.6 Å². The van der Waals surface area contributed by atoms with Gasteiger partial charge in [0, 0.05) is 19.0 Å². The third kappa shape index (κ3) is 4.85. The minimum atomic E-state index is -4.82. The van der Waals surface area contributed by atoms with E-state index in [9.17, 15) is 30.8 Å². The van der Waals surface area contributed by atoms with Crippen LogP contribution in [0.4, 0.5) is 17.6 Å². The molecule has 37 heavy (non-hydrogen) atoms. The highest BCUT2D eigenvalue weighted by molar-refractivity contribution is 7.89. The van der Waals surface area contributed by atoms with Crippen molar-refractivity contribution in [2.24, 2.45) is 0 Å². The number of H-pyrrole nitrogens is 1. The number of aromatic amines is 1. The van der Waals surface area contributed by atoms with Crippen LogP contribution in [0.25, 0.3) is 11.5 Å². The molecule has 0 atom stereocenters. The number of alkyl halides is 3. The molecule has 3 aliphatic rings. The maximum atomic E-state index is 13.6. The lowest BCUT2D eigenvalue weighted by molar-refractivity contribution is -0.139. The van der Waals surface area contributed by atoms with Crippen molar-refractivity contribution < 1.29 is 26.0 Å². The van der Waals surface area contributed by atoms with Crippen LogP contribution in [-0.2, 0) is 22.7 Å². The van der Waals surface area contributed by atoms with E-state index in [2.05, 4.69) is 20.3 Å². The van der Waals surface area contributed by atoms with Gasteiger partial charge in [-0.3, -0.25) is 4.79 Å². The predicted octanol–water partition coefficient (Wildman–Crippen LogP) is 3.24. The Morgan fingerprint density at radius 2 is 1.76 bits per heavy atom. The number of piperidine rings is 1. The molecule has 2 aromatic carbocycles. The fourth-order valence-corrected chi connectivity index (χ4v) is 6.09. The van der Waals surface area contributed by atoms with Gasteiger partial charge in [0.2, 0.25) is 10.0 Å². The van der Waals surface area contributed by atoms with Gasteiger partial charge in [0.15, 0.2) is 11.5 Å². The van der Waals surface area contributed by atoms with E-state index in [0.29, 0.717) is 5.56 Å². The second kappa shape index (κ2) is 9.34. The van der Waals surface area contributed by atoms with Crippen molar-refractivity contribution in [3.8, 4) is 11.5 Å². The van der Waals surface area contributed by atoms with Crippen LogP contribution in [-0.4, -0.2) is 50.8 Å². The van der Waals surface area contributed by atoms with E-state index in [0.717, 1.165) is 22.5 Å². The molecule has 0 saturated carbocycles. The topological polar surface area (TPSA) is 114 Å². The van der Waals surface area contributed by atoms with Crippen LogP contribution in [0.5, 0.6) is 0 Å². The van der Waals surface area contributed by atoms with Crippen LogP contribution in [0.2, 0.25) is 0 Å². The maximum absolute atomic E-state index is 13.6. The average molecular weight is 537 g/mol. The normalized spacial score (nSPS) is 15.9. The molecule has 14 heteroatoms. The lowest BCUT2D eigenvalue weighted by atomic mass is 9.97. The van der Waals surface area contributed by atoms with Crippen LogP contribution >= 0.6 is 0 Å². The van der Waals surface area contributed by atoms with Gasteiger partial charge in [-0.05, 0) is 42.7 Å². The van der Waals surface area contributed by atoms with Crippen molar-refractivity contribution >= 4 is 10.0 Å². The van der Waals surface area contributed by atoms with E-state index in [-0.39, 0.29) is 55.7 Å². The minimum Gasteiger partial charge on any atom is -0.265 e. The number of nitrogens with one attached hydrogen (secondary N) is 1. The Balaban J connectivity index is 1.38. The summed E-state index contributed by atoms with van der Waals surface area (Å²) in [5.41, 5.74) is -1.22. The summed E-state index contributed by atoms with van der Waals surface area (Å²) in [4.78, 5) is 20.3. The van der Waals surface area contributed by atoms with Gasteiger partial charge in [0.25, 0.3) is 0 Å². The van der Waals surface area contributed by atoms with Crippen LogP contribution in [0, 0.1) is 5.82 Å². The number of aromatic nitrogens is 5. The molecule has 0 aromatic heterocycles. The van der Waals surface area contributed by atoms with Crippen molar-refractivity contribution in [1.82, 2.24) is 29.3 Å². The molecule has 0 spiro atoms. The molecule has 0 aliphatic carbocycles. The molecule has 3 heterocycles. The summed E-state index contributed by atoms with van der Waals surface area (Å²) in [7, 11) is -4.40. The van der Waals surface area contributed by atoms with E-state index in [1.54, 1.807) is 12.1 Å². The molecule has 0 unspecified atom stereocenters. The molecular weight excluding hydrogens is 516 g/mol. The van der Waals surface area contributed by atoms with Crippen molar-refractivity contribution in [2.45, 2.75) is 36.4 Å². The Morgan fingerprint density at radius 1 is 1.03 bits per heavy atom. The van der Waals surface area contributed by atoms with Gasteiger partial charge in [0.05, 0.1) is 17.0 Å². The number of halogens is 4. The summed E-state index contributed by atoms with van der Waals surface area (Å²) in [6.45, 7) is 0.0341. The summed E-state index contributed by atoms with van der Waals surface area (Å²) < 4.78 is 82.3. The zero-order chi connectivity index (χ0) is 26.4. The fraction of sp³-hybridized carbons (Fsp3) is 0.304. The van der Waals surface area contributed by atoms with Crippen molar-refractivity contribution in [3.05, 3.63) is 81.7 Å². The van der Waals surface area contributed by atoms with Crippen LogP contribution in [0.1, 0.15) is 35.7 Å². The summed E-state index contributed by atoms with van der Waals surface area (Å²) in [6.07, 6.45) is -4.40. The first-order valence-corrected chi connectivity index (χ1v) is 12.7. The molecule has 3 aliphatic heterocycles. The molecule has 0 amide bonds. The Kier molecular flexibility index (Phi) is 6.31. The third-order valence-corrected chi connectivity index (χ3v) is 8.20. The minimum absolute atomic E-state index is 0.00363. The molecule has 0 bridgehead atoms. The highest BCUT2D eigenvalue weighted by Crippen LogP contribution is 2.36. The molecule has 2 aromatic rings. The smallest absolute Gasteiger partial charge is 0.265 e. The number of benzene rings is 2. The molecule has 5 rings (SSSR count). The summed E-state index contributed by atoms with van der Waals surface area (Å²) in [6, 6.07) is 9.98. The number of sulfonamides is 1. The maximum Gasteiger partial charge on any atom is 0.417 e. The van der Waals surface area contributed by atoms with Crippen molar-refractivity contribution in [1.29, 1.82) is 0 Å². The van der Waals surface area contributed by atoms with Gasteiger partial charge in [-0.15, -0.1) is 0 Å². The Morgan fingerprint density at radius 3 is 2.46 bits per heavy atom. The van der Waals surface area contributed by atoms with Crippen molar-refractivity contribution in [3.63, 3.8) is 0 Å². The number of fused-ring (bicyclic) bond motifs is 1. The number of hydrogen-bond donors (Lipinski definition) is 1. The second-order valence-corrected chi connectivity index (χ2v) is 10.6. The first-order valence-electron chi connectivity index (χ1n) is 11.3. The van der Waals surface area contributed by atoms with Gasteiger partial charge in [-0.25, -0.2) is 27.7 Å². The van der Waals surface area contributed by atoms with Gasteiger partial charge >= 0.3 is 11.7 Å². The van der Waals surface area contributed by atoms with E-state index >= 15 is 0 Å². The van der Waals surface area contributed by atoms with E-state index in [1.807, 2.05) is 0 Å².